The maximum absolute atomic E-state index is 9.41. The lowest BCUT2D eigenvalue weighted by Crippen LogP contribution is -2.26. The third kappa shape index (κ3) is 2.99. The molecule has 0 spiro atoms. The van der Waals surface area contributed by atoms with Crippen molar-refractivity contribution in [3.63, 3.8) is 0 Å². The molecule has 0 fully saturated rings. The lowest BCUT2D eigenvalue weighted by atomic mass is 9.79. The lowest BCUT2D eigenvalue weighted by Gasteiger charge is -2.24. The van der Waals surface area contributed by atoms with E-state index in [0.29, 0.717) is 10.4 Å². The molecule has 1 nitrogen and oxygen atoms in total. The van der Waals surface area contributed by atoms with Gasteiger partial charge >= 0.3 is 0 Å². The number of benzene rings is 1. The zero-order valence-corrected chi connectivity index (χ0v) is 11.7. The molecule has 0 amide bonds. The molecule has 0 aliphatic rings. The third-order valence-corrected chi connectivity index (χ3v) is 4.01. The van der Waals surface area contributed by atoms with Gasteiger partial charge in [-0.05, 0) is 24.1 Å². The molecule has 86 valence electrons. The van der Waals surface area contributed by atoms with Gasteiger partial charge in [0.1, 0.15) is 0 Å². The fraction of sp³-hybridized carbons (Fsp3) is 0.462. The van der Waals surface area contributed by atoms with Crippen LogP contribution in [0.5, 0.6) is 0 Å². The van der Waals surface area contributed by atoms with Crippen molar-refractivity contribution in [1.82, 2.24) is 0 Å². The SMILES string of the molecule is CCCC[C@](C#N)(CBr)c1ccc(Cl)cc1. The van der Waals surface area contributed by atoms with E-state index in [9.17, 15) is 5.26 Å². The van der Waals surface area contributed by atoms with E-state index >= 15 is 0 Å². The van der Waals surface area contributed by atoms with Gasteiger partial charge in [0, 0.05) is 10.4 Å². The molecule has 1 aromatic carbocycles. The Morgan fingerprint density at radius 2 is 2.00 bits per heavy atom. The van der Waals surface area contributed by atoms with E-state index < -0.39 is 5.41 Å². The Labute approximate surface area is 111 Å². The van der Waals surface area contributed by atoms with Crippen LogP contribution in [0.2, 0.25) is 5.02 Å². The molecule has 0 bridgehead atoms. The first-order valence-electron chi connectivity index (χ1n) is 5.42. The Bertz CT molecular complexity index is 369. The molecule has 0 aliphatic carbocycles. The van der Waals surface area contributed by atoms with Crippen LogP contribution in [0.1, 0.15) is 31.7 Å². The quantitative estimate of drug-likeness (QED) is 0.724. The number of hydrogen-bond acceptors (Lipinski definition) is 1. The molecule has 16 heavy (non-hydrogen) atoms. The maximum atomic E-state index is 9.41. The summed E-state index contributed by atoms with van der Waals surface area (Å²) < 4.78 is 0. The summed E-state index contributed by atoms with van der Waals surface area (Å²) in [5, 5.41) is 10.8. The second-order valence-corrected chi connectivity index (χ2v) is 4.94. The molecule has 0 saturated carbocycles. The van der Waals surface area contributed by atoms with Crippen LogP contribution in [-0.2, 0) is 5.41 Å². The Hall–Kier alpha value is -0.520. The highest BCUT2D eigenvalue weighted by molar-refractivity contribution is 9.09. The van der Waals surface area contributed by atoms with Crippen molar-refractivity contribution in [2.75, 3.05) is 5.33 Å². The zero-order valence-electron chi connectivity index (χ0n) is 9.34. The van der Waals surface area contributed by atoms with Crippen LogP contribution < -0.4 is 0 Å². The number of halogens is 2. The van der Waals surface area contributed by atoms with Crippen molar-refractivity contribution < 1.29 is 0 Å². The molecule has 0 N–H and O–H groups in total. The topological polar surface area (TPSA) is 23.8 Å². The number of alkyl halides is 1. The summed E-state index contributed by atoms with van der Waals surface area (Å²) in [4.78, 5) is 0. The van der Waals surface area contributed by atoms with Crippen molar-refractivity contribution in [3.8, 4) is 6.07 Å². The highest BCUT2D eigenvalue weighted by Gasteiger charge is 2.30. The molecule has 0 unspecified atom stereocenters. The first-order valence-corrected chi connectivity index (χ1v) is 6.91. The normalized spacial score (nSPS) is 14.1. The molecule has 1 aromatic rings. The van der Waals surface area contributed by atoms with Gasteiger partial charge in [-0.3, -0.25) is 0 Å². The molecule has 3 heteroatoms. The predicted molar refractivity (Wildman–Crippen MR) is 72.1 cm³/mol. The highest BCUT2D eigenvalue weighted by Crippen LogP contribution is 2.32. The summed E-state index contributed by atoms with van der Waals surface area (Å²) >= 11 is 9.32. The fourth-order valence-corrected chi connectivity index (χ4v) is 2.54. The maximum Gasteiger partial charge on any atom is 0.0918 e. The van der Waals surface area contributed by atoms with Gasteiger partial charge in [-0.25, -0.2) is 0 Å². The standard InChI is InChI=1S/C13H15BrClN/c1-2-3-8-13(9-14,10-16)11-4-6-12(15)7-5-11/h4-7H,2-3,8-9H2,1H3/t13-/m1/s1. The summed E-state index contributed by atoms with van der Waals surface area (Å²) in [7, 11) is 0. The van der Waals surface area contributed by atoms with Gasteiger partial charge in [0.2, 0.25) is 0 Å². The van der Waals surface area contributed by atoms with Crippen LogP contribution in [0.3, 0.4) is 0 Å². The summed E-state index contributed by atoms with van der Waals surface area (Å²) in [5.74, 6) is 0. The number of unbranched alkanes of at least 4 members (excludes halogenated alkanes) is 1. The predicted octanol–water partition coefficient (Wildman–Crippen LogP) is 4.69. The van der Waals surface area contributed by atoms with E-state index in [1.54, 1.807) is 0 Å². The Balaban J connectivity index is 3.01. The minimum atomic E-state index is -0.416. The second kappa shape index (κ2) is 6.27. The van der Waals surface area contributed by atoms with E-state index in [1.165, 1.54) is 0 Å². The molecular weight excluding hydrogens is 286 g/mol. The Kier molecular flexibility index (Phi) is 5.31. The van der Waals surface area contributed by atoms with Crippen molar-refractivity contribution >= 4 is 27.5 Å². The number of nitrogens with zero attached hydrogens (tertiary/aromatic N) is 1. The van der Waals surface area contributed by atoms with Crippen LogP contribution >= 0.6 is 27.5 Å². The Morgan fingerprint density at radius 1 is 1.38 bits per heavy atom. The van der Waals surface area contributed by atoms with E-state index in [-0.39, 0.29) is 0 Å². The minimum absolute atomic E-state index is 0.416. The van der Waals surface area contributed by atoms with E-state index in [1.807, 2.05) is 24.3 Å². The van der Waals surface area contributed by atoms with Gasteiger partial charge in [0.05, 0.1) is 11.5 Å². The number of nitriles is 1. The van der Waals surface area contributed by atoms with Crippen molar-refractivity contribution in [3.05, 3.63) is 34.9 Å². The zero-order chi connectivity index (χ0) is 12.0. The van der Waals surface area contributed by atoms with Crippen LogP contribution in [0, 0.1) is 11.3 Å². The van der Waals surface area contributed by atoms with Gasteiger partial charge in [-0.15, -0.1) is 0 Å². The van der Waals surface area contributed by atoms with Gasteiger partial charge in [0.25, 0.3) is 0 Å². The summed E-state index contributed by atoms with van der Waals surface area (Å²) in [6.07, 6.45) is 3.04. The van der Waals surface area contributed by atoms with Crippen molar-refractivity contribution in [2.24, 2.45) is 0 Å². The van der Waals surface area contributed by atoms with Gasteiger partial charge in [0.15, 0.2) is 0 Å². The first kappa shape index (κ1) is 13.5. The monoisotopic (exact) mass is 299 g/mol. The first-order chi connectivity index (χ1) is 7.68. The molecule has 0 aliphatic heterocycles. The van der Waals surface area contributed by atoms with E-state index in [2.05, 4.69) is 28.9 Å². The third-order valence-electron chi connectivity index (χ3n) is 2.80. The van der Waals surface area contributed by atoms with Crippen LogP contribution in [0.15, 0.2) is 24.3 Å². The van der Waals surface area contributed by atoms with E-state index in [4.69, 9.17) is 11.6 Å². The van der Waals surface area contributed by atoms with Gasteiger partial charge in [-0.2, -0.15) is 5.26 Å². The van der Waals surface area contributed by atoms with E-state index in [0.717, 1.165) is 24.8 Å². The molecule has 0 radical (unpaired) electrons. The van der Waals surface area contributed by atoms with Crippen LogP contribution in [0.4, 0.5) is 0 Å². The lowest BCUT2D eigenvalue weighted by molar-refractivity contribution is 0.532. The molecule has 0 heterocycles. The van der Waals surface area contributed by atoms with Gasteiger partial charge in [-0.1, -0.05) is 59.4 Å². The van der Waals surface area contributed by atoms with Crippen molar-refractivity contribution in [2.45, 2.75) is 31.6 Å². The second-order valence-electron chi connectivity index (χ2n) is 3.94. The largest absolute Gasteiger partial charge is 0.197 e. The number of hydrogen-bond donors (Lipinski definition) is 0. The highest BCUT2D eigenvalue weighted by atomic mass is 79.9. The van der Waals surface area contributed by atoms with Crippen molar-refractivity contribution in [1.29, 1.82) is 5.26 Å². The smallest absolute Gasteiger partial charge is 0.0918 e. The Morgan fingerprint density at radius 3 is 2.44 bits per heavy atom. The van der Waals surface area contributed by atoms with Crippen LogP contribution in [-0.4, -0.2) is 5.33 Å². The average molecular weight is 301 g/mol. The molecule has 0 aromatic heterocycles. The van der Waals surface area contributed by atoms with Crippen LogP contribution in [0.25, 0.3) is 0 Å². The summed E-state index contributed by atoms with van der Waals surface area (Å²) in [6.45, 7) is 2.14. The molecule has 1 atom stereocenters. The number of rotatable bonds is 5. The molecule has 1 rings (SSSR count). The minimum Gasteiger partial charge on any atom is -0.197 e. The summed E-state index contributed by atoms with van der Waals surface area (Å²) in [6, 6.07) is 10.0. The van der Waals surface area contributed by atoms with Gasteiger partial charge < -0.3 is 0 Å². The fourth-order valence-electron chi connectivity index (χ4n) is 1.69. The molecule has 0 saturated heterocycles. The summed E-state index contributed by atoms with van der Waals surface area (Å²) in [5.41, 5.74) is 0.630. The average Bonchev–Trinajstić information content (AvgIpc) is 2.33. The molecular formula is C13H15BrClN.